The van der Waals surface area contributed by atoms with Crippen LogP contribution in [0.1, 0.15) is 20.3 Å². The molecule has 0 fully saturated rings. The van der Waals surface area contributed by atoms with Crippen LogP contribution in [0.4, 0.5) is 17.1 Å². The lowest BCUT2D eigenvalue weighted by atomic mass is 10.2. The molecule has 1 aliphatic heterocycles. The van der Waals surface area contributed by atoms with Crippen LogP contribution in [-0.4, -0.2) is 18.5 Å². The van der Waals surface area contributed by atoms with Crippen LogP contribution in [0.2, 0.25) is 0 Å². The Labute approximate surface area is 95.4 Å². The molecule has 3 N–H and O–H groups in total. The number of nitrogens with one attached hydrogen (secondary N) is 1. The predicted octanol–water partition coefficient (Wildman–Crippen LogP) is 1.83. The first kappa shape index (κ1) is 10.8. The van der Waals surface area contributed by atoms with Gasteiger partial charge >= 0.3 is 0 Å². The van der Waals surface area contributed by atoms with Crippen LogP contribution in [0.25, 0.3) is 0 Å². The fraction of sp³-hybridized carbons (Fsp3) is 0.417. The first-order valence-corrected chi connectivity index (χ1v) is 5.54. The molecule has 4 nitrogen and oxygen atoms in total. The lowest BCUT2D eigenvalue weighted by Gasteiger charge is -2.28. The SMILES string of the molecule is CC(C)N1CCC(=O)Nc2cc(N)ccc21. The molecule has 0 aromatic heterocycles. The van der Waals surface area contributed by atoms with Gasteiger partial charge in [-0.05, 0) is 32.0 Å². The van der Waals surface area contributed by atoms with Gasteiger partial charge in [0.15, 0.2) is 0 Å². The van der Waals surface area contributed by atoms with Gasteiger partial charge in [-0.1, -0.05) is 0 Å². The van der Waals surface area contributed by atoms with Gasteiger partial charge in [0.25, 0.3) is 0 Å². The van der Waals surface area contributed by atoms with Crippen LogP contribution in [-0.2, 0) is 4.79 Å². The van der Waals surface area contributed by atoms with Gasteiger partial charge in [-0.25, -0.2) is 0 Å². The van der Waals surface area contributed by atoms with Crippen molar-refractivity contribution in [1.82, 2.24) is 0 Å². The van der Waals surface area contributed by atoms with E-state index in [0.717, 1.165) is 17.9 Å². The lowest BCUT2D eigenvalue weighted by Crippen LogP contribution is -2.31. The fourth-order valence-electron chi connectivity index (χ4n) is 2.00. The van der Waals surface area contributed by atoms with Gasteiger partial charge in [0.2, 0.25) is 5.91 Å². The third-order valence-electron chi connectivity index (χ3n) is 2.81. The average Bonchev–Trinajstić information content (AvgIpc) is 2.35. The number of hydrogen-bond donors (Lipinski definition) is 2. The summed E-state index contributed by atoms with van der Waals surface area (Å²) in [4.78, 5) is 13.8. The summed E-state index contributed by atoms with van der Waals surface area (Å²) in [6, 6.07) is 6.02. The van der Waals surface area contributed by atoms with E-state index in [-0.39, 0.29) is 5.91 Å². The third-order valence-corrected chi connectivity index (χ3v) is 2.81. The van der Waals surface area contributed by atoms with Gasteiger partial charge in [-0.2, -0.15) is 0 Å². The van der Waals surface area contributed by atoms with Crippen molar-refractivity contribution in [3.63, 3.8) is 0 Å². The van der Waals surface area contributed by atoms with Crippen LogP contribution >= 0.6 is 0 Å². The van der Waals surface area contributed by atoms with Crippen LogP contribution in [0, 0.1) is 0 Å². The summed E-state index contributed by atoms with van der Waals surface area (Å²) in [5, 5.41) is 2.89. The highest BCUT2D eigenvalue weighted by Gasteiger charge is 2.20. The molecule has 1 aliphatic rings. The maximum atomic E-state index is 11.5. The highest BCUT2D eigenvalue weighted by Crippen LogP contribution is 2.31. The largest absolute Gasteiger partial charge is 0.399 e. The number of nitrogen functional groups attached to an aromatic ring is 1. The average molecular weight is 219 g/mol. The summed E-state index contributed by atoms with van der Waals surface area (Å²) in [5.74, 6) is 0.0509. The summed E-state index contributed by atoms with van der Waals surface area (Å²) < 4.78 is 0. The van der Waals surface area contributed by atoms with Gasteiger partial charge in [0, 0.05) is 24.7 Å². The summed E-state index contributed by atoms with van der Waals surface area (Å²) in [6.07, 6.45) is 0.521. The molecule has 0 spiro atoms. The molecule has 0 bridgehead atoms. The zero-order chi connectivity index (χ0) is 11.7. The van der Waals surface area contributed by atoms with E-state index in [1.54, 1.807) is 0 Å². The quantitative estimate of drug-likeness (QED) is 0.708. The van der Waals surface area contributed by atoms with Gasteiger partial charge in [0.05, 0.1) is 11.4 Å². The minimum absolute atomic E-state index is 0.0509. The molecule has 1 heterocycles. The third kappa shape index (κ3) is 1.96. The Kier molecular flexibility index (Phi) is 2.73. The van der Waals surface area contributed by atoms with E-state index in [0.29, 0.717) is 18.2 Å². The number of nitrogens with two attached hydrogens (primary N) is 1. The minimum Gasteiger partial charge on any atom is -0.399 e. The highest BCUT2D eigenvalue weighted by molar-refractivity contribution is 5.97. The first-order chi connectivity index (χ1) is 7.58. The van der Waals surface area contributed by atoms with Gasteiger partial charge < -0.3 is 16.0 Å². The molecule has 2 rings (SSSR count). The van der Waals surface area contributed by atoms with E-state index >= 15 is 0 Å². The maximum absolute atomic E-state index is 11.5. The van der Waals surface area contributed by atoms with Crippen LogP contribution in [0.15, 0.2) is 18.2 Å². The Bertz CT molecular complexity index is 415. The Hall–Kier alpha value is -1.71. The molecule has 86 valence electrons. The van der Waals surface area contributed by atoms with Crippen LogP contribution < -0.4 is 16.0 Å². The van der Waals surface area contributed by atoms with E-state index < -0.39 is 0 Å². The molecule has 1 aromatic rings. The van der Waals surface area contributed by atoms with Crippen molar-refractivity contribution in [2.75, 3.05) is 22.5 Å². The standard InChI is InChI=1S/C12H17N3O/c1-8(2)15-6-5-12(16)14-10-7-9(13)3-4-11(10)15/h3-4,7-8H,5-6,13H2,1-2H3,(H,14,16). The van der Waals surface area contributed by atoms with Crippen molar-refractivity contribution < 1.29 is 4.79 Å². The number of anilines is 3. The molecule has 4 heteroatoms. The van der Waals surface area contributed by atoms with Crippen molar-refractivity contribution in [1.29, 1.82) is 0 Å². The second-order valence-corrected chi connectivity index (χ2v) is 4.36. The summed E-state index contributed by atoms with van der Waals surface area (Å²) in [7, 11) is 0. The molecule has 0 atom stereocenters. The minimum atomic E-state index is 0.0509. The van der Waals surface area contributed by atoms with E-state index in [4.69, 9.17) is 5.73 Å². The molecule has 16 heavy (non-hydrogen) atoms. The molecule has 0 radical (unpaired) electrons. The molecular weight excluding hydrogens is 202 g/mol. The van der Waals surface area contributed by atoms with Crippen LogP contribution in [0.3, 0.4) is 0 Å². The molecule has 0 saturated carbocycles. The maximum Gasteiger partial charge on any atom is 0.226 e. The summed E-state index contributed by atoms with van der Waals surface area (Å²) in [6.45, 7) is 4.99. The summed E-state index contributed by atoms with van der Waals surface area (Å²) in [5.41, 5.74) is 8.27. The highest BCUT2D eigenvalue weighted by atomic mass is 16.1. The number of hydrogen-bond acceptors (Lipinski definition) is 3. The van der Waals surface area contributed by atoms with Crippen LogP contribution in [0.5, 0.6) is 0 Å². The van der Waals surface area contributed by atoms with Crippen molar-refractivity contribution in [3.8, 4) is 0 Å². The molecule has 0 saturated heterocycles. The lowest BCUT2D eigenvalue weighted by molar-refractivity contribution is -0.115. The second-order valence-electron chi connectivity index (χ2n) is 4.36. The topological polar surface area (TPSA) is 58.4 Å². The normalized spacial score (nSPS) is 15.7. The Morgan fingerprint density at radius 1 is 1.44 bits per heavy atom. The molecule has 0 unspecified atom stereocenters. The predicted molar refractivity (Wildman–Crippen MR) is 66.6 cm³/mol. The Balaban J connectivity index is 2.46. The zero-order valence-corrected chi connectivity index (χ0v) is 9.66. The smallest absolute Gasteiger partial charge is 0.226 e. The van der Waals surface area contributed by atoms with E-state index in [9.17, 15) is 4.79 Å². The number of carbonyl (C=O) groups is 1. The van der Waals surface area contributed by atoms with E-state index in [1.807, 2.05) is 18.2 Å². The Morgan fingerprint density at radius 2 is 2.19 bits per heavy atom. The fourth-order valence-corrected chi connectivity index (χ4v) is 2.00. The molecule has 1 amide bonds. The number of benzene rings is 1. The number of rotatable bonds is 1. The van der Waals surface area contributed by atoms with Crippen molar-refractivity contribution in [2.45, 2.75) is 26.3 Å². The molecule has 0 aliphatic carbocycles. The number of fused-ring (bicyclic) bond motifs is 1. The zero-order valence-electron chi connectivity index (χ0n) is 9.66. The van der Waals surface area contributed by atoms with Gasteiger partial charge in [-0.3, -0.25) is 4.79 Å². The summed E-state index contributed by atoms with van der Waals surface area (Å²) >= 11 is 0. The van der Waals surface area contributed by atoms with Crippen molar-refractivity contribution in [3.05, 3.63) is 18.2 Å². The second kappa shape index (κ2) is 4.04. The van der Waals surface area contributed by atoms with Crippen molar-refractivity contribution in [2.24, 2.45) is 0 Å². The van der Waals surface area contributed by atoms with E-state index in [2.05, 4.69) is 24.1 Å². The number of nitrogens with zero attached hydrogens (tertiary/aromatic N) is 1. The first-order valence-electron chi connectivity index (χ1n) is 5.54. The Morgan fingerprint density at radius 3 is 2.88 bits per heavy atom. The van der Waals surface area contributed by atoms with E-state index in [1.165, 1.54) is 0 Å². The van der Waals surface area contributed by atoms with Gasteiger partial charge in [-0.15, -0.1) is 0 Å². The number of carbonyl (C=O) groups excluding carboxylic acids is 1. The number of amides is 1. The van der Waals surface area contributed by atoms with Gasteiger partial charge in [0.1, 0.15) is 0 Å². The van der Waals surface area contributed by atoms with Crippen molar-refractivity contribution >= 4 is 23.0 Å². The monoisotopic (exact) mass is 219 g/mol. The molecule has 1 aromatic carbocycles. The molecular formula is C12H17N3O.